The molecule has 4 nitrogen and oxygen atoms in total. The summed E-state index contributed by atoms with van der Waals surface area (Å²) in [5.74, 6) is -0.601. The molecule has 3 N–H and O–H groups in total. The van der Waals surface area contributed by atoms with E-state index in [-0.39, 0.29) is 16.1 Å². The molecule has 0 unspecified atom stereocenters. The molecular weight excluding hydrogens is 232 g/mol. The van der Waals surface area contributed by atoms with Crippen molar-refractivity contribution in [1.82, 2.24) is 5.32 Å². The van der Waals surface area contributed by atoms with Crippen LogP contribution in [0.3, 0.4) is 0 Å². The lowest BCUT2D eigenvalue weighted by Crippen LogP contribution is -2.19. The maximum Gasteiger partial charge on any atom is 0.258 e. The zero-order valence-corrected chi connectivity index (χ0v) is 9.15. The van der Waals surface area contributed by atoms with E-state index in [2.05, 4.69) is 35.9 Å². The van der Waals surface area contributed by atoms with Crippen molar-refractivity contribution in [3.05, 3.63) is 35.4 Å². The van der Waals surface area contributed by atoms with Crippen LogP contribution in [0.5, 0.6) is 0 Å². The summed E-state index contributed by atoms with van der Waals surface area (Å²) in [5, 5.41) is 2.20. The fraction of sp³-hybridized carbons (Fsp3) is 0. The molecule has 0 spiro atoms. The molecular formula is C9H7N2O2S2-. The molecule has 0 aliphatic carbocycles. The smallest absolute Gasteiger partial charge is 0.258 e. The van der Waals surface area contributed by atoms with Crippen LogP contribution in [0.2, 0.25) is 0 Å². The molecule has 78 valence electrons. The number of imide groups is 1. The van der Waals surface area contributed by atoms with Gasteiger partial charge in [0.1, 0.15) is 0 Å². The Morgan fingerprint density at radius 2 is 1.53 bits per heavy atom. The molecule has 0 saturated carbocycles. The van der Waals surface area contributed by atoms with Gasteiger partial charge in [0.15, 0.2) is 0 Å². The first-order valence-corrected chi connectivity index (χ1v) is 4.75. The van der Waals surface area contributed by atoms with Gasteiger partial charge in [0.25, 0.3) is 11.8 Å². The Morgan fingerprint density at radius 3 is 1.87 bits per heavy atom. The lowest BCUT2D eigenvalue weighted by molar-refractivity contribution is 0.0879. The van der Waals surface area contributed by atoms with Crippen LogP contribution in [0, 0.1) is 0 Å². The molecule has 2 amide bonds. The normalized spacial score (nSPS) is 12.3. The third-order valence-electron chi connectivity index (χ3n) is 1.64. The fourth-order valence-corrected chi connectivity index (χ4v) is 1.12. The maximum atomic E-state index is 10.9. The minimum Gasteiger partial charge on any atom is -0.415 e. The summed E-state index contributed by atoms with van der Waals surface area (Å²) < 4.78 is 0.0833. The Hall–Kier alpha value is -1.53. The van der Waals surface area contributed by atoms with Crippen LogP contribution in [-0.2, 0) is 12.6 Å². The van der Waals surface area contributed by atoms with E-state index in [9.17, 15) is 9.59 Å². The molecule has 0 radical (unpaired) electrons. The largest absolute Gasteiger partial charge is 0.415 e. The third-order valence-corrected chi connectivity index (χ3v) is 1.64. The van der Waals surface area contributed by atoms with Gasteiger partial charge >= 0.3 is 0 Å². The average Bonchev–Trinajstić information content (AvgIpc) is 2.43. The van der Waals surface area contributed by atoms with Crippen molar-refractivity contribution in [2.45, 2.75) is 0 Å². The van der Waals surface area contributed by atoms with Gasteiger partial charge in [-0.1, -0.05) is 16.5 Å². The summed E-state index contributed by atoms with van der Waals surface area (Å²) in [6.07, 6.45) is 0. The highest BCUT2D eigenvalue weighted by Crippen LogP contribution is 2.13. The van der Waals surface area contributed by atoms with Crippen molar-refractivity contribution in [2.24, 2.45) is 5.73 Å². The van der Waals surface area contributed by atoms with E-state index < -0.39 is 0 Å². The second-order valence-corrected chi connectivity index (χ2v) is 3.79. The summed E-state index contributed by atoms with van der Waals surface area (Å²) in [7, 11) is 0. The van der Waals surface area contributed by atoms with Crippen molar-refractivity contribution < 1.29 is 9.59 Å². The van der Waals surface area contributed by atoms with Crippen LogP contribution < -0.4 is 11.1 Å². The fourth-order valence-electron chi connectivity index (χ4n) is 1.12. The van der Waals surface area contributed by atoms with Crippen LogP contribution in [-0.4, -0.2) is 16.1 Å². The molecule has 15 heavy (non-hydrogen) atoms. The molecule has 0 aromatic heterocycles. The summed E-state index contributed by atoms with van der Waals surface area (Å²) in [6.45, 7) is 0. The van der Waals surface area contributed by atoms with Crippen LogP contribution >= 0.6 is 12.2 Å². The van der Waals surface area contributed by atoms with Crippen molar-refractivity contribution in [3.63, 3.8) is 0 Å². The summed E-state index contributed by atoms with van der Waals surface area (Å²) in [6, 6.07) is 6.74. The number of nitrogens with two attached hydrogens (primary N) is 1. The molecule has 0 bridgehead atoms. The molecule has 0 atom stereocenters. The van der Waals surface area contributed by atoms with Crippen LogP contribution in [0.25, 0.3) is 0 Å². The number of carbonyl (C=O) groups is 2. The monoisotopic (exact) mass is 239 g/mol. The molecule has 0 fully saturated rings. The highest BCUT2D eigenvalue weighted by Gasteiger charge is 2.25. The summed E-state index contributed by atoms with van der Waals surface area (Å²) in [4.78, 5) is 21.9. The van der Waals surface area contributed by atoms with E-state index in [0.29, 0.717) is 11.1 Å². The lowest BCUT2D eigenvalue weighted by atomic mass is 10.1. The molecule has 0 saturated heterocycles. The first kappa shape index (κ1) is 11.5. The Kier molecular flexibility index (Phi) is 3.70. The van der Waals surface area contributed by atoms with Gasteiger partial charge in [-0.25, -0.2) is 0 Å². The second kappa shape index (κ2) is 4.81. The van der Waals surface area contributed by atoms with Gasteiger partial charge in [0.2, 0.25) is 0 Å². The Balaban J connectivity index is 0.000000245. The van der Waals surface area contributed by atoms with Gasteiger partial charge in [-0.05, 0) is 12.1 Å². The van der Waals surface area contributed by atoms with Gasteiger partial charge in [0, 0.05) is 0 Å². The molecule has 1 aliphatic heterocycles. The zero-order chi connectivity index (χ0) is 11.4. The third kappa shape index (κ3) is 2.97. The number of hydrogen-bond donors (Lipinski definition) is 2. The molecule has 1 heterocycles. The number of thiocarbonyl (C=S) groups is 1. The van der Waals surface area contributed by atoms with Crippen LogP contribution in [0.4, 0.5) is 0 Å². The maximum absolute atomic E-state index is 10.9. The quantitative estimate of drug-likeness (QED) is 0.388. The number of rotatable bonds is 0. The lowest BCUT2D eigenvalue weighted by Gasteiger charge is -1.88. The predicted octanol–water partition coefficient (Wildman–Crippen LogP) is 0.347. The van der Waals surface area contributed by atoms with E-state index in [0.717, 1.165) is 0 Å². The van der Waals surface area contributed by atoms with Crippen molar-refractivity contribution in [2.75, 3.05) is 0 Å². The van der Waals surface area contributed by atoms with E-state index in [4.69, 9.17) is 0 Å². The number of benzene rings is 1. The molecule has 2 rings (SSSR count). The number of amides is 2. The van der Waals surface area contributed by atoms with Gasteiger partial charge < -0.3 is 30.6 Å². The van der Waals surface area contributed by atoms with E-state index >= 15 is 0 Å². The van der Waals surface area contributed by atoms with E-state index in [1.54, 1.807) is 24.3 Å². The van der Waals surface area contributed by atoms with Crippen molar-refractivity contribution in [3.8, 4) is 0 Å². The Labute approximate surface area is 97.3 Å². The molecule has 1 aliphatic rings. The summed E-state index contributed by atoms with van der Waals surface area (Å²) >= 11 is 8.26. The van der Waals surface area contributed by atoms with Crippen LogP contribution in [0.15, 0.2) is 24.3 Å². The highest BCUT2D eigenvalue weighted by molar-refractivity contribution is 8.00. The minimum atomic E-state index is -0.300. The number of hydrogen-bond acceptors (Lipinski definition) is 4. The van der Waals surface area contributed by atoms with Crippen molar-refractivity contribution >= 4 is 41.0 Å². The zero-order valence-electron chi connectivity index (χ0n) is 7.52. The number of nitrogens with one attached hydrogen (secondary N) is 1. The van der Waals surface area contributed by atoms with Gasteiger partial charge in [-0.3, -0.25) is 14.9 Å². The number of carbonyl (C=O) groups excluding carboxylic acids is 2. The van der Waals surface area contributed by atoms with Gasteiger partial charge in [-0.15, -0.1) is 0 Å². The van der Waals surface area contributed by atoms with Gasteiger partial charge in [0.05, 0.1) is 11.1 Å². The van der Waals surface area contributed by atoms with E-state index in [1.807, 2.05) is 0 Å². The van der Waals surface area contributed by atoms with Crippen LogP contribution in [0.1, 0.15) is 20.7 Å². The minimum absolute atomic E-state index is 0.0833. The van der Waals surface area contributed by atoms with Crippen molar-refractivity contribution in [1.29, 1.82) is 0 Å². The van der Waals surface area contributed by atoms with Gasteiger partial charge in [-0.2, -0.15) is 0 Å². The number of fused-ring (bicyclic) bond motifs is 1. The second-order valence-electron chi connectivity index (χ2n) is 2.65. The Morgan fingerprint density at radius 1 is 1.20 bits per heavy atom. The topological polar surface area (TPSA) is 72.2 Å². The highest BCUT2D eigenvalue weighted by atomic mass is 32.1. The standard InChI is InChI=1S/C8H5NO2.CH3NS2/c10-7-5-3-1-2-4-6(5)8(11)9-7;2-1(3)4/h1-4H,(H,9,10,11);(H3,2,3,4)/p-1. The molecule has 6 heteroatoms. The van der Waals surface area contributed by atoms with E-state index in [1.165, 1.54) is 0 Å². The first-order chi connectivity index (χ1) is 7.02. The summed E-state index contributed by atoms with van der Waals surface area (Å²) in [5.41, 5.74) is 5.60. The SMILES string of the molecule is NC(=S)[S-].O=C1NC(=O)c2ccccc21. The molecule has 1 aromatic rings. The first-order valence-electron chi connectivity index (χ1n) is 3.93. The average molecular weight is 239 g/mol. The molecule has 1 aromatic carbocycles. The predicted molar refractivity (Wildman–Crippen MR) is 62.4 cm³/mol. The Bertz CT molecular complexity index is 395.